The molecular weight excluding hydrogens is 442 g/mol. The Hall–Kier alpha value is -2.53. The highest BCUT2D eigenvalue weighted by atomic mass is 32.1. The number of aryl methyl sites for hydroxylation is 1. The Morgan fingerprint density at radius 1 is 1.06 bits per heavy atom. The van der Waals surface area contributed by atoms with Crippen molar-refractivity contribution in [2.45, 2.75) is 59.6 Å². The summed E-state index contributed by atoms with van der Waals surface area (Å²) in [6.45, 7) is 9.86. The van der Waals surface area contributed by atoms with Crippen molar-refractivity contribution in [1.82, 2.24) is 14.9 Å². The quantitative estimate of drug-likeness (QED) is 0.587. The number of carbonyl (C=O) groups excluding carboxylic acids is 2. The first-order chi connectivity index (χ1) is 14.5. The number of aromatic carboxylic acids is 1. The number of carbonyl (C=O) groups is 3. The Bertz CT molecular complexity index is 872. The van der Waals surface area contributed by atoms with Crippen LogP contribution in [0.25, 0.3) is 0 Å². The largest absolute Gasteiger partial charge is 0.476 e. The summed E-state index contributed by atoms with van der Waals surface area (Å²) in [5.74, 6) is -1.39. The minimum absolute atomic E-state index is 0.00686. The van der Waals surface area contributed by atoms with Crippen LogP contribution < -0.4 is 0 Å². The van der Waals surface area contributed by atoms with Gasteiger partial charge in [-0.15, -0.1) is 22.7 Å². The molecule has 0 aliphatic heterocycles. The van der Waals surface area contributed by atoms with Gasteiger partial charge in [-0.05, 0) is 40.5 Å². The van der Waals surface area contributed by atoms with Gasteiger partial charge in [0.1, 0.15) is 10.6 Å². The molecule has 1 amide bonds. The Balaban J connectivity index is 0.000000327. The second-order valence-electron chi connectivity index (χ2n) is 7.36. The molecule has 9 nitrogen and oxygen atoms in total. The molecule has 0 saturated heterocycles. The molecule has 11 heteroatoms. The number of esters is 1. The van der Waals surface area contributed by atoms with Crippen molar-refractivity contribution < 1.29 is 29.0 Å². The van der Waals surface area contributed by atoms with Crippen LogP contribution in [0.1, 0.15) is 72.0 Å². The summed E-state index contributed by atoms with van der Waals surface area (Å²) < 4.78 is 10.00. The fourth-order valence-corrected chi connectivity index (χ4v) is 3.72. The molecule has 0 aliphatic rings. The molecule has 1 N–H and O–H groups in total. The van der Waals surface area contributed by atoms with E-state index in [4.69, 9.17) is 14.6 Å². The van der Waals surface area contributed by atoms with Crippen LogP contribution in [-0.4, -0.2) is 57.3 Å². The van der Waals surface area contributed by atoms with Gasteiger partial charge in [-0.3, -0.25) is 0 Å². The summed E-state index contributed by atoms with van der Waals surface area (Å²) in [6.07, 6.45) is 1.52. The van der Waals surface area contributed by atoms with Crippen LogP contribution in [-0.2, 0) is 22.4 Å². The Labute approximate surface area is 190 Å². The summed E-state index contributed by atoms with van der Waals surface area (Å²) in [5.41, 5.74) is -0.122. The molecule has 0 spiro atoms. The molecule has 0 radical (unpaired) electrons. The Morgan fingerprint density at radius 2 is 1.65 bits per heavy atom. The zero-order chi connectivity index (χ0) is 23.6. The number of carboxylic acid groups (broad SMARTS) is 1. The summed E-state index contributed by atoms with van der Waals surface area (Å²) in [5, 5.41) is 13.5. The standard InChI is InChI=1S/C11H16N2O4S.C9H13NO2S/c1-11(2,3)17-10(16)13(4)5-8-12-7(6-18-8)9(14)15;1-3-5-8-10-7(6-13-8)9(11)12-4-2/h6H,5H2,1-4H3,(H,14,15);6H,3-5H2,1-2H3. The van der Waals surface area contributed by atoms with E-state index >= 15 is 0 Å². The average Bonchev–Trinajstić information content (AvgIpc) is 3.31. The molecular formula is C20H29N3O6S2. The Kier molecular flexibility index (Phi) is 10.6. The zero-order valence-corrected chi connectivity index (χ0v) is 20.3. The van der Waals surface area contributed by atoms with Gasteiger partial charge in [-0.1, -0.05) is 6.92 Å². The summed E-state index contributed by atoms with van der Waals surface area (Å²) >= 11 is 2.72. The van der Waals surface area contributed by atoms with Crippen molar-refractivity contribution in [3.63, 3.8) is 0 Å². The maximum absolute atomic E-state index is 11.7. The van der Waals surface area contributed by atoms with Crippen molar-refractivity contribution in [3.8, 4) is 0 Å². The minimum atomic E-state index is -1.07. The van der Waals surface area contributed by atoms with Crippen molar-refractivity contribution in [3.05, 3.63) is 32.2 Å². The summed E-state index contributed by atoms with van der Waals surface area (Å²) in [4.78, 5) is 42.9. The van der Waals surface area contributed by atoms with Crippen molar-refractivity contribution in [2.24, 2.45) is 0 Å². The smallest absolute Gasteiger partial charge is 0.410 e. The van der Waals surface area contributed by atoms with E-state index in [-0.39, 0.29) is 18.2 Å². The maximum atomic E-state index is 11.7. The number of thiazole rings is 2. The van der Waals surface area contributed by atoms with E-state index in [0.29, 0.717) is 17.3 Å². The lowest BCUT2D eigenvalue weighted by Crippen LogP contribution is -2.33. The lowest BCUT2D eigenvalue weighted by Gasteiger charge is -2.24. The van der Waals surface area contributed by atoms with Crippen LogP contribution in [0.2, 0.25) is 0 Å². The molecule has 0 bridgehead atoms. The van der Waals surface area contributed by atoms with Gasteiger partial charge in [-0.2, -0.15) is 0 Å². The Morgan fingerprint density at radius 3 is 2.16 bits per heavy atom. The van der Waals surface area contributed by atoms with Crippen LogP contribution in [0.15, 0.2) is 10.8 Å². The van der Waals surface area contributed by atoms with Crippen molar-refractivity contribution in [1.29, 1.82) is 0 Å². The van der Waals surface area contributed by atoms with Gasteiger partial charge in [-0.25, -0.2) is 24.4 Å². The first kappa shape index (κ1) is 26.5. The molecule has 2 heterocycles. The molecule has 0 fully saturated rings. The number of nitrogens with zero attached hydrogens (tertiary/aromatic N) is 3. The highest BCUT2D eigenvalue weighted by Gasteiger charge is 2.20. The fraction of sp³-hybridized carbons (Fsp3) is 0.550. The van der Waals surface area contributed by atoms with E-state index in [2.05, 4.69) is 16.9 Å². The number of carboxylic acids is 1. The van der Waals surface area contributed by atoms with Gasteiger partial charge < -0.3 is 19.5 Å². The van der Waals surface area contributed by atoms with Gasteiger partial charge in [0.25, 0.3) is 0 Å². The first-order valence-corrected chi connectivity index (χ1v) is 11.5. The normalized spacial score (nSPS) is 10.6. The third-order valence-corrected chi connectivity index (χ3v) is 5.09. The number of rotatable bonds is 7. The van der Waals surface area contributed by atoms with E-state index < -0.39 is 17.7 Å². The van der Waals surface area contributed by atoms with E-state index in [0.717, 1.165) is 17.8 Å². The van der Waals surface area contributed by atoms with Crippen LogP contribution in [0, 0.1) is 0 Å². The number of hydrogen-bond donors (Lipinski definition) is 1. The second kappa shape index (κ2) is 12.4. The summed E-state index contributed by atoms with van der Waals surface area (Å²) in [7, 11) is 1.58. The third kappa shape index (κ3) is 9.88. The number of amides is 1. The molecule has 172 valence electrons. The van der Waals surface area contributed by atoms with Crippen LogP contribution >= 0.6 is 22.7 Å². The van der Waals surface area contributed by atoms with Gasteiger partial charge in [0, 0.05) is 17.8 Å². The predicted molar refractivity (Wildman–Crippen MR) is 119 cm³/mol. The molecule has 0 atom stereocenters. The van der Waals surface area contributed by atoms with Gasteiger partial charge >= 0.3 is 18.0 Å². The first-order valence-electron chi connectivity index (χ1n) is 9.70. The third-order valence-electron chi connectivity index (χ3n) is 3.35. The van der Waals surface area contributed by atoms with E-state index in [1.807, 2.05) is 0 Å². The molecule has 0 unspecified atom stereocenters. The highest BCUT2D eigenvalue weighted by molar-refractivity contribution is 7.10. The summed E-state index contributed by atoms with van der Waals surface area (Å²) in [6, 6.07) is 0. The van der Waals surface area contributed by atoms with Crippen LogP contribution in [0.4, 0.5) is 4.79 Å². The maximum Gasteiger partial charge on any atom is 0.410 e. The van der Waals surface area contributed by atoms with Crippen LogP contribution in [0.5, 0.6) is 0 Å². The van der Waals surface area contributed by atoms with Gasteiger partial charge in [0.05, 0.1) is 18.2 Å². The second-order valence-corrected chi connectivity index (χ2v) is 9.25. The van der Waals surface area contributed by atoms with Gasteiger partial charge in [0.2, 0.25) is 0 Å². The highest BCUT2D eigenvalue weighted by Crippen LogP contribution is 2.15. The van der Waals surface area contributed by atoms with Crippen molar-refractivity contribution >= 4 is 40.7 Å². The van der Waals surface area contributed by atoms with Gasteiger partial charge in [0.15, 0.2) is 11.4 Å². The predicted octanol–water partition coefficient (Wildman–Crippen LogP) is 4.48. The van der Waals surface area contributed by atoms with Crippen molar-refractivity contribution in [2.75, 3.05) is 13.7 Å². The molecule has 0 aliphatic carbocycles. The molecule has 2 rings (SSSR count). The van der Waals surface area contributed by atoms with E-state index in [1.54, 1.807) is 40.1 Å². The number of aromatic nitrogens is 2. The zero-order valence-electron chi connectivity index (χ0n) is 18.6. The fourth-order valence-electron chi connectivity index (χ4n) is 2.03. The van der Waals surface area contributed by atoms with E-state index in [9.17, 15) is 14.4 Å². The monoisotopic (exact) mass is 471 g/mol. The number of hydrogen-bond acceptors (Lipinski definition) is 9. The lowest BCUT2D eigenvalue weighted by molar-refractivity contribution is 0.0284. The average molecular weight is 472 g/mol. The van der Waals surface area contributed by atoms with E-state index in [1.165, 1.54) is 33.0 Å². The molecule has 2 aromatic rings. The SMILES string of the molecule is CCCc1nc(C(=O)OCC)cs1.CN(Cc1nc(C(=O)O)cs1)C(=O)OC(C)(C)C. The molecule has 2 aromatic heterocycles. The number of ether oxygens (including phenoxy) is 2. The van der Waals surface area contributed by atoms with Crippen LogP contribution in [0.3, 0.4) is 0 Å². The topological polar surface area (TPSA) is 119 Å². The molecule has 31 heavy (non-hydrogen) atoms. The lowest BCUT2D eigenvalue weighted by atomic mass is 10.2. The minimum Gasteiger partial charge on any atom is -0.476 e. The molecule has 0 aromatic carbocycles. The molecule has 0 saturated carbocycles.